The lowest BCUT2D eigenvalue weighted by atomic mass is 9.87. The highest BCUT2D eigenvalue weighted by atomic mass is 32.1. The highest BCUT2D eigenvalue weighted by Gasteiger charge is 2.14. The van der Waals surface area contributed by atoms with Crippen LogP contribution in [0.15, 0.2) is 29.2 Å². The highest BCUT2D eigenvalue weighted by Crippen LogP contribution is 2.21. The molecule has 0 saturated carbocycles. The zero-order chi connectivity index (χ0) is 9.19. The number of rotatable bonds is 1. The van der Waals surface area contributed by atoms with Crippen molar-refractivity contribution in [1.29, 1.82) is 0 Å². The van der Waals surface area contributed by atoms with E-state index in [0.29, 0.717) is 11.7 Å². The van der Waals surface area contributed by atoms with Crippen molar-refractivity contribution >= 4 is 11.7 Å². The molecule has 0 heterocycles. The first-order valence-electron chi connectivity index (χ1n) is 3.94. The van der Waals surface area contributed by atoms with Gasteiger partial charge in [-0.1, -0.05) is 32.9 Å². The summed E-state index contributed by atoms with van der Waals surface area (Å²) in [4.78, 5) is 0.781. The van der Waals surface area contributed by atoms with E-state index in [1.165, 1.54) is 5.56 Å². The lowest BCUT2D eigenvalue weighted by Crippen LogP contribution is -2.10. The molecule has 0 aromatic heterocycles. The van der Waals surface area contributed by atoms with E-state index in [0.717, 1.165) is 4.90 Å². The van der Waals surface area contributed by atoms with E-state index in [1.807, 2.05) is 24.3 Å². The fourth-order valence-corrected chi connectivity index (χ4v) is 1.26. The molecule has 2 heteroatoms. The first kappa shape index (κ1) is 9.33. The molecule has 1 nitrogen and oxygen atoms in total. The van der Waals surface area contributed by atoms with Gasteiger partial charge in [-0.05, 0) is 11.0 Å². The molecule has 0 aliphatic heterocycles. The van der Waals surface area contributed by atoms with Crippen molar-refractivity contribution in [2.45, 2.75) is 31.1 Å². The van der Waals surface area contributed by atoms with Crippen LogP contribution in [-0.4, -0.2) is 0 Å². The Morgan fingerprint density at radius 3 is 1.92 bits per heavy atom. The topological polar surface area (TPSA) is 17.1 Å². The minimum absolute atomic E-state index is 0.173. The second-order valence-corrected chi connectivity index (χ2v) is 4.50. The smallest absolute Gasteiger partial charge is 0.0561 e. The molecule has 0 radical (unpaired) electrons. The van der Waals surface area contributed by atoms with Crippen LogP contribution >= 0.6 is 0 Å². The Kier molecular flexibility index (Phi) is 2.58. The Balaban J connectivity index is 3.00. The predicted molar refractivity (Wildman–Crippen MR) is 51.5 cm³/mol. The highest BCUT2D eigenvalue weighted by molar-refractivity contribution is 7.65. The molecular formula is C10H13OS+. The summed E-state index contributed by atoms with van der Waals surface area (Å²) in [6.07, 6.45) is 0. The van der Waals surface area contributed by atoms with Gasteiger partial charge in [-0.3, -0.25) is 0 Å². The van der Waals surface area contributed by atoms with Gasteiger partial charge in [-0.2, -0.15) is 0 Å². The second kappa shape index (κ2) is 3.31. The van der Waals surface area contributed by atoms with Gasteiger partial charge in [0, 0.05) is 16.3 Å². The van der Waals surface area contributed by atoms with Crippen LogP contribution in [-0.2, 0) is 21.3 Å². The van der Waals surface area contributed by atoms with E-state index in [9.17, 15) is 4.21 Å². The zero-order valence-corrected chi connectivity index (χ0v) is 8.44. The van der Waals surface area contributed by atoms with Crippen LogP contribution in [0.25, 0.3) is 0 Å². The first-order valence-corrected chi connectivity index (χ1v) is 4.68. The molecule has 1 rings (SSSR count). The van der Waals surface area contributed by atoms with Gasteiger partial charge in [0.25, 0.3) is 4.90 Å². The minimum Gasteiger partial charge on any atom is -0.0561 e. The summed E-state index contributed by atoms with van der Waals surface area (Å²) < 4.78 is 10.4. The maximum Gasteiger partial charge on any atom is 0.505 e. The van der Waals surface area contributed by atoms with Gasteiger partial charge in [-0.25, -0.2) is 0 Å². The average molecular weight is 181 g/mol. The third-order valence-electron chi connectivity index (χ3n) is 1.82. The van der Waals surface area contributed by atoms with Crippen molar-refractivity contribution in [2.75, 3.05) is 0 Å². The molecule has 0 N–H and O–H groups in total. The fourth-order valence-electron chi connectivity index (χ4n) is 1.01. The van der Waals surface area contributed by atoms with Crippen LogP contribution in [0.4, 0.5) is 0 Å². The summed E-state index contributed by atoms with van der Waals surface area (Å²) in [6, 6.07) is 7.77. The second-order valence-electron chi connectivity index (χ2n) is 3.86. The Morgan fingerprint density at radius 2 is 1.58 bits per heavy atom. The van der Waals surface area contributed by atoms with E-state index in [-0.39, 0.29) is 5.41 Å². The molecule has 1 aromatic rings. The van der Waals surface area contributed by atoms with Crippen LogP contribution in [0.1, 0.15) is 26.3 Å². The van der Waals surface area contributed by atoms with Gasteiger partial charge < -0.3 is 0 Å². The van der Waals surface area contributed by atoms with Crippen LogP contribution in [0.2, 0.25) is 0 Å². The van der Waals surface area contributed by atoms with Crippen molar-refractivity contribution in [3.63, 3.8) is 0 Å². The number of hydrogen-bond acceptors (Lipinski definition) is 1. The quantitative estimate of drug-likeness (QED) is 0.609. The molecule has 64 valence electrons. The Bertz CT molecular complexity index is 269. The van der Waals surface area contributed by atoms with Crippen molar-refractivity contribution < 1.29 is 4.21 Å². The molecule has 0 saturated heterocycles. The van der Waals surface area contributed by atoms with Gasteiger partial charge in [0.2, 0.25) is 0 Å². The van der Waals surface area contributed by atoms with E-state index in [4.69, 9.17) is 0 Å². The molecule has 0 atom stereocenters. The van der Waals surface area contributed by atoms with Crippen molar-refractivity contribution in [3.8, 4) is 0 Å². The molecular weight excluding hydrogens is 168 g/mol. The predicted octanol–water partition coefficient (Wildman–Crippen LogP) is 2.77. The Hall–Kier alpha value is -0.760. The largest absolute Gasteiger partial charge is 0.505 e. The molecule has 0 spiro atoms. The van der Waals surface area contributed by atoms with Crippen molar-refractivity contribution in [2.24, 2.45) is 0 Å². The summed E-state index contributed by atoms with van der Waals surface area (Å²) in [6.45, 7) is 6.48. The van der Waals surface area contributed by atoms with Crippen LogP contribution < -0.4 is 0 Å². The van der Waals surface area contributed by atoms with E-state index < -0.39 is 0 Å². The number of benzene rings is 1. The number of hydrogen-bond donors (Lipinski definition) is 0. The summed E-state index contributed by atoms with van der Waals surface area (Å²) >= 11 is 0.538. The third-order valence-corrected chi connectivity index (χ3v) is 2.28. The molecule has 12 heavy (non-hydrogen) atoms. The summed E-state index contributed by atoms with van der Waals surface area (Å²) in [5.74, 6) is 0. The van der Waals surface area contributed by atoms with Gasteiger partial charge in [0.05, 0.1) is 0 Å². The standard InChI is InChI=1S/C10H13OS/c1-10(2,3)8-4-6-9(12-11)7-5-8/h4-7H,1-3H3/q+1. The van der Waals surface area contributed by atoms with Crippen LogP contribution in [0, 0.1) is 0 Å². The van der Waals surface area contributed by atoms with E-state index in [1.54, 1.807) is 0 Å². The monoisotopic (exact) mass is 181 g/mol. The van der Waals surface area contributed by atoms with Gasteiger partial charge in [-0.15, -0.1) is 0 Å². The van der Waals surface area contributed by atoms with Crippen molar-refractivity contribution in [3.05, 3.63) is 29.8 Å². The van der Waals surface area contributed by atoms with Gasteiger partial charge >= 0.3 is 11.7 Å². The van der Waals surface area contributed by atoms with E-state index >= 15 is 0 Å². The average Bonchev–Trinajstić information content (AvgIpc) is 2.03. The van der Waals surface area contributed by atoms with E-state index in [2.05, 4.69) is 20.8 Å². The normalized spacial score (nSPS) is 11.2. The third kappa shape index (κ3) is 2.11. The SMILES string of the molecule is CC(C)(C)c1ccc([S+]=O)cc1. The molecule has 0 bridgehead atoms. The van der Waals surface area contributed by atoms with Crippen LogP contribution in [0.5, 0.6) is 0 Å². The first-order chi connectivity index (χ1) is 5.54. The fraction of sp³-hybridized carbons (Fsp3) is 0.400. The maximum absolute atomic E-state index is 10.4. The Labute approximate surface area is 77.3 Å². The Morgan fingerprint density at radius 1 is 1.08 bits per heavy atom. The minimum atomic E-state index is 0.173. The molecule has 0 unspecified atom stereocenters. The van der Waals surface area contributed by atoms with Crippen molar-refractivity contribution in [1.82, 2.24) is 0 Å². The lowest BCUT2D eigenvalue weighted by molar-refractivity contribution is 0.589. The maximum atomic E-state index is 10.4. The lowest BCUT2D eigenvalue weighted by Gasteiger charge is -2.17. The summed E-state index contributed by atoms with van der Waals surface area (Å²) in [5.41, 5.74) is 1.44. The van der Waals surface area contributed by atoms with Crippen LogP contribution in [0.3, 0.4) is 0 Å². The molecule has 0 aliphatic rings. The molecule has 1 aromatic carbocycles. The summed E-state index contributed by atoms with van der Waals surface area (Å²) in [5, 5.41) is 0. The summed E-state index contributed by atoms with van der Waals surface area (Å²) in [7, 11) is 0. The molecule has 0 aliphatic carbocycles. The molecule has 0 amide bonds. The van der Waals surface area contributed by atoms with Gasteiger partial charge in [0.1, 0.15) is 0 Å². The zero-order valence-electron chi connectivity index (χ0n) is 7.63. The molecule has 0 fully saturated rings. The van der Waals surface area contributed by atoms with Gasteiger partial charge in [0.15, 0.2) is 0 Å².